The highest BCUT2D eigenvalue weighted by atomic mass is 14.9. The number of hydrogen-bond donors (Lipinski definition) is 1. The van der Waals surface area contributed by atoms with E-state index in [2.05, 4.69) is 72.7 Å². The third-order valence-electron chi connectivity index (χ3n) is 3.96. The quantitative estimate of drug-likeness (QED) is 0.745. The molecule has 0 aliphatic rings. The summed E-state index contributed by atoms with van der Waals surface area (Å²) >= 11 is 0. The van der Waals surface area contributed by atoms with Crippen LogP contribution in [0.25, 0.3) is 10.9 Å². The summed E-state index contributed by atoms with van der Waals surface area (Å²) in [6.07, 6.45) is 0. The molecular weight excluding hydrogens is 256 g/mol. The van der Waals surface area contributed by atoms with Gasteiger partial charge < -0.3 is 5.32 Å². The first-order valence-electron chi connectivity index (χ1n) is 7.30. The van der Waals surface area contributed by atoms with Crippen LogP contribution >= 0.6 is 0 Å². The van der Waals surface area contributed by atoms with Gasteiger partial charge in [0.15, 0.2) is 0 Å². The predicted molar refractivity (Wildman–Crippen MR) is 89.7 cm³/mol. The van der Waals surface area contributed by atoms with Gasteiger partial charge in [-0.1, -0.05) is 36.4 Å². The number of pyridine rings is 1. The van der Waals surface area contributed by atoms with Gasteiger partial charge in [-0.25, -0.2) is 0 Å². The van der Waals surface area contributed by atoms with Gasteiger partial charge in [0.1, 0.15) is 0 Å². The maximum absolute atomic E-state index is 4.67. The molecule has 1 heterocycles. The van der Waals surface area contributed by atoms with E-state index in [1.54, 1.807) is 0 Å². The van der Waals surface area contributed by atoms with Crippen molar-refractivity contribution >= 4 is 16.6 Å². The molecule has 0 spiro atoms. The molecular formula is C19H20N2. The lowest BCUT2D eigenvalue weighted by atomic mass is 10.0. The van der Waals surface area contributed by atoms with Crippen LogP contribution < -0.4 is 5.32 Å². The van der Waals surface area contributed by atoms with Gasteiger partial charge in [0, 0.05) is 17.6 Å². The van der Waals surface area contributed by atoms with E-state index >= 15 is 0 Å². The Bertz CT molecular complexity index is 770. The van der Waals surface area contributed by atoms with Crippen molar-refractivity contribution in [3.8, 4) is 0 Å². The summed E-state index contributed by atoms with van der Waals surface area (Å²) in [5.41, 5.74) is 7.20. The molecule has 0 saturated heterocycles. The molecule has 0 unspecified atom stereocenters. The van der Waals surface area contributed by atoms with Crippen molar-refractivity contribution in [1.82, 2.24) is 4.98 Å². The fourth-order valence-corrected chi connectivity index (χ4v) is 2.70. The van der Waals surface area contributed by atoms with Crippen molar-refractivity contribution in [1.29, 1.82) is 0 Å². The van der Waals surface area contributed by atoms with Crippen molar-refractivity contribution in [3.63, 3.8) is 0 Å². The van der Waals surface area contributed by atoms with Gasteiger partial charge in [-0.05, 0) is 49.6 Å². The minimum absolute atomic E-state index is 0.827. The number of hydrogen-bond acceptors (Lipinski definition) is 2. The predicted octanol–water partition coefficient (Wildman–Crippen LogP) is 4.77. The molecule has 0 saturated carbocycles. The Kier molecular flexibility index (Phi) is 3.61. The van der Waals surface area contributed by atoms with E-state index < -0.39 is 0 Å². The van der Waals surface area contributed by atoms with E-state index in [-0.39, 0.29) is 0 Å². The molecule has 1 aromatic heterocycles. The second-order valence-corrected chi connectivity index (χ2v) is 5.55. The molecule has 0 bridgehead atoms. The monoisotopic (exact) mass is 276 g/mol. The van der Waals surface area contributed by atoms with E-state index in [0.29, 0.717) is 0 Å². The maximum atomic E-state index is 4.67. The van der Waals surface area contributed by atoms with Crippen LogP contribution in [0.5, 0.6) is 0 Å². The SMILES string of the molecule is Cc1ccc2cccc(NCc3c(C)cccc3C)c2n1. The van der Waals surface area contributed by atoms with Gasteiger partial charge in [0.2, 0.25) is 0 Å². The van der Waals surface area contributed by atoms with E-state index in [9.17, 15) is 0 Å². The maximum Gasteiger partial charge on any atom is 0.0936 e. The first-order chi connectivity index (χ1) is 10.1. The van der Waals surface area contributed by atoms with Crippen molar-refractivity contribution in [3.05, 3.63) is 70.9 Å². The zero-order chi connectivity index (χ0) is 14.8. The van der Waals surface area contributed by atoms with Crippen LogP contribution in [0.3, 0.4) is 0 Å². The number of para-hydroxylation sites is 1. The van der Waals surface area contributed by atoms with Crippen LogP contribution in [-0.4, -0.2) is 4.98 Å². The van der Waals surface area contributed by atoms with Gasteiger partial charge in [-0.15, -0.1) is 0 Å². The molecule has 21 heavy (non-hydrogen) atoms. The Labute approximate surface area is 125 Å². The highest BCUT2D eigenvalue weighted by Crippen LogP contribution is 2.23. The van der Waals surface area contributed by atoms with E-state index in [4.69, 9.17) is 0 Å². The smallest absolute Gasteiger partial charge is 0.0936 e. The summed E-state index contributed by atoms with van der Waals surface area (Å²) < 4.78 is 0. The summed E-state index contributed by atoms with van der Waals surface area (Å²) in [5.74, 6) is 0. The fraction of sp³-hybridized carbons (Fsp3) is 0.211. The third-order valence-corrected chi connectivity index (χ3v) is 3.96. The van der Waals surface area contributed by atoms with E-state index in [0.717, 1.165) is 23.4 Å². The summed E-state index contributed by atoms with van der Waals surface area (Å²) in [5, 5.41) is 4.72. The number of nitrogens with one attached hydrogen (secondary N) is 1. The second kappa shape index (κ2) is 5.57. The summed E-state index contributed by atoms with van der Waals surface area (Å²) in [6.45, 7) is 7.18. The standard InChI is InChI=1S/C19H20N2/c1-13-6-4-7-14(2)17(13)12-20-18-9-5-8-16-11-10-15(3)21-19(16)18/h4-11,20H,12H2,1-3H3. The highest BCUT2D eigenvalue weighted by Gasteiger charge is 2.05. The molecule has 2 aromatic carbocycles. The summed E-state index contributed by atoms with van der Waals surface area (Å²) in [6, 6.07) is 16.9. The first-order valence-corrected chi connectivity index (χ1v) is 7.30. The van der Waals surface area contributed by atoms with Crippen LogP contribution in [0.1, 0.15) is 22.4 Å². The molecule has 0 amide bonds. The summed E-state index contributed by atoms with van der Waals surface area (Å²) in [7, 11) is 0. The van der Waals surface area contributed by atoms with Crippen molar-refractivity contribution in [2.45, 2.75) is 27.3 Å². The minimum Gasteiger partial charge on any atom is -0.379 e. The van der Waals surface area contributed by atoms with Crippen LogP contribution in [0.2, 0.25) is 0 Å². The van der Waals surface area contributed by atoms with Crippen molar-refractivity contribution in [2.75, 3.05) is 5.32 Å². The fourth-order valence-electron chi connectivity index (χ4n) is 2.70. The van der Waals surface area contributed by atoms with Gasteiger partial charge in [0.25, 0.3) is 0 Å². The average Bonchev–Trinajstić information content (AvgIpc) is 2.47. The lowest BCUT2D eigenvalue weighted by Gasteiger charge is -2.13. The number of benzene rings is 2. The molecule has 3 aromatic rings. The van der Waals surface area contributed by atoms with Gasteiger partial charge in [-0.2, -0.15) is 0 Å². The molecule has 0 aliphatic heterocycles. The van der Waals surface area contributed by atoms with Crippen LogP contribution in [0, 0.1) is 20.8 Å². The first kappa shape index (κ1) is 13.6. The van der Waals surface area contributed by atoms with Crippen molar-refractivity contribution < 1.29 is 0 Å². The number of anilines is 1. The van der Waals surface area contributed by atoms with Crippen LogP contribution in [0.4, 0.5) is 5.69 Å². The average molecular weight is 276 g/mol. The van der Waals surface area contributed by atoms with Gasteiger partial charge in [-0.3, -0.25) is 4.98 Å². The molecule has 1 N–H and O–H groups in total. The Morgan fingerprint density at radius 3 is 2.33 bits per heavy atom. The lowest BCUT2D eigenvalue weighted by molar-refractivity contribution is 1.09. The number of rotatable bonds is 3. The Morgan fingerprint density at radius 1 is 0.857 bits per heavy atom. The third kappa shape index (κ3) is 2.75. The number of aromatic nitrogens is 1. The normalized spacial score (nSPS) is 10.8. The molecule has 0 atom stereocenters. The molecule has 0 aliphatic carbocycles. The molecule has 2 nitrogen and oxygen atoms in total. The summed E-state index contributed by atoms with van der Waals surface area (Å²) in [4.78, 5) is 4.67. The molecule has 3 rings (SSSR count). The van der Waals surface area contributed by atoms with Crippen LogP contribution in [0.15, 0.2) is 48.5 Å². The van der Waals surface area contributed by atoms with Gasteiger partial charge >= 0.3 is 0 Å². The molecule has 106 valence electrons. The molecule has 0 radical (unpaired) electrons. The highest BCUT2D eigenvalue weighted by molar-refractivity contribution is 5.90. The van der Waals surface area contributed by atoms with Gasteiger partial charge in [0.05, 0.1) is 11.2 Å². The Morgan fingerprint density at radius 2 is 1.57 bits per heavy atom. The molecule has 2 heteroatoms. The van der Waals surface area contributed by atoms with E-state index in [1.165, 1.54) is 22.1 Å². The zero-order valence-corrected chi connectivity index (χ0v) is 12.8. The largest absolute Gasteiger partial charge is 0.379 e. The second-order valence-electron chi connectivity index (χ2n) is 5.55. The number of fused-ring (bicyclic) bond motifs is 1. The molecule has 0 fully saturated rings. The lowest BCUT2D eigenvalue weighted by Crippen LogP contribution is -2.04. The Balaban J connectivity index is 1.94. The Hall–Kier alpha value is -2.35. The zero-order valence-electron chi connectivity index (χ0n) is 12.8. The van der Waals surface area contributed by atoms with E-state index in [1.807, 2.05) is 6.92 Å². The minimum atomic E-state index is 0.827. The number of nitrogens with zero attached hydrogens (tertiary/aromatic N) is 1. The van der Waals surface area contributed by atoms with Crippen LogP contribution in [-0.2, 0) is 6.54 Å². The number of aryl methyl sites for hydroxylation is 3. The topological polar surface area (TPSA) is 24.9 Å². The van der Waals surface area contributed by atoms with Crippen molar-refractivity contribution in [2.24, 2.45) is 0 Å².